The summed E-state index contributed by atoms with van der Waals surface area (Å²) in [6, 6.07) is 3.88. The summed E-state index contributed by atoms with van der Waals surface area (Å²) >= 11 is 0. The fourth-order valence-electron chi connectivity index (χ4n) is 1.19. The molecule has 0 saturated carbocycles. The van der Waals surface area contributed by atoms with Crippen LogP contribution in [0.3, 0.4) is 0 Å². The minimum Gasteiger partial charge on any atom is -0.381 e. The lowest BCUT2D eigenvalue weighted by atomic mass is 10.3. The Hall–Kier alpha value is -1.91. The third kappa shape index (κ3) is 1.56. The van der Waals surface area contributed by atoms with Gasteiger partial charge in [0.1, 0.15) is 0 Å². The van der Waals surface area contributed by atoms with Crippen LogP contribution in [-0.4, -0.2) is 20.0 Å². The normalized spacial score (nSPS) is 10.4. The summed E-state index contributed by atoms with van der Waals surface area (Å²) in [5, 5.41) is 7.72. The lowest BCUT2D eigenvalue weighted by molar-refractivity contribution is 0.633. The summed E-state index contributed by atoms with van der Waals surface area (Å²) in [6.45, 7) is 2.58. The average Bonchev–Trinajstić information content (AvgIpc) is 2.52. The van der Waals surface area contributed by atoms with Crippen molar-refractivity contribution < 1.29 is 0 Å². The summed E-state index contributed by atoms with van der Waals surface area (Å²) < 4.78 is 1.77. The van der Waals surface area contributed by atoms with E-state index in [0.717, 1.165) is 11.3 Å². The second-order valence-electron chi connectivity index (χ2n) is 3.07. The second kappa shape index (κ2) is 3.45. The average molecular weight is 189 g/mol. The van der Waals surface area contributed by atoms with E-state index in [1.807, 2.05) is 19.1 Å². The number of rotatable bonds is 2. The Bertz CT molecular complexity index is 420. The molecule has 0 unspecified atom stereocenters. The SMILES string of the molecule is Cc1c(N)nnn1Cc1ccncc1. The number of hydrogen-bond acceptors (Lipinski definition) is 4. The predicted octanol–water partition coefficient (Wildman–Crippen LogP) is 0.612. The Morgan fingerprint density at radius 2 is 2.07 bits per heavy atom. The molecule has 2 aromatic rings. The first-order valence-electron chi connectivity index (χ1n) is 4.32. The zero-order valence-electron chi connectivity index (χ0n) is 7.88. The highest BCUT2D eigenvalue weighted by Gasteiger charge is 2.04. The molecule has 0 amide bonds. The van der Waals surface area contributed by atoms with Crippen LogP contribution in [0.4, 0.5) is 5.82 Å². The Kier molecular flexibility index (Phi) is 2.14. The van der Waals surface area contributed by atoms with Crippen LogP contribution in [0, 0.1) is 6.92 Å². The van der Waals surface area contributed by atoms with E-state index in [1.54, 1.807) is 17.1 Å². The van der Waals surface area contributed by atoms with Gasteiger partial charge in [-0.2, -0.15) is 0 Å². The minimum atomic E-state index is 0.485. The molecule has 2 N–H and O–H groups in total. The van der Waals surface area contributed by atoms with E-state index < -0.39 is 0 Å². The minimum absolute atomic E-state index is 0.485. The summed E-state index contributed by atoms with van der Waals surface area (Å²) in [5.41, 5.74) is 7.61. The largest absolute Gasteiger partial charge is 0.381 e. The van der Waals surface area contributed by atoms with Crippen molar-refractivity contribution >= 4 is 5.82 Å². The number of hydrogen-bond donors (Lipinski definition) is 1. The maximum absolute atomic E-state index is 5.59. The molecule has 0 aliphatic rings. The first-order chi connectivity index (χ1) is 6.77. The number of anilines is 1. The fourth-order valence-corrected chi connectivity index (χ4v) is 1.19. The number of pyridine rings is 1. The quantitative estimate of drug-likeness (QED) is 0.751. The Labute approximate surface area is 81.6 Å². The van der Waals surface area contributed by atoms with Gasteiger partial charge in [0, 0.05) is 12.4 Å². The maximum Gasteiger partial charge on any atom is 0.168 e. The lowest BCUT2D eigenvalue weighted by Gasteiger charge is -2.02. The summed E-state index contributed by atoms with van der Waals surface area (Å²) in [4.78, 5) is 3.94. The summed E-state index contributed by atoms with van der Waals surface area (Å²) in [7, 11) is 0. The standard InChI is InChI=1S/C9H11N5/c1-7-9(10)12-13-14(7)6-8-2-4-11-5-3-8/h2-5H,6,10H2,1H3. The van der Waals surface area contributed by atoms with Gasteiger partial charge in [-0.3, -0.25) is 4.98 Å². The van der Waals surface area contributed by atoms with Crippen LogP contribution < -0.4 is 5.73 Å². The Morgan fingerprint density at radius 3 is 2.64 bits per heavy atom. The van der Waals surface area contributed by atoms with Gasteiger partial charge in [0.05, 0.1) is 12.2 Å². The van der Waals surface area contributed by atoms with Crippen LogP contribution in [0.2, 0.25) is 0 Å². The van der Waals surface area contributed by atoms with Gasteiger partial charge in [-0.05, 0) is 24.6 Å². The van der Waals surface area contributed by atoms with Gasteiger partial charge in [-0.15, -0.1) is 5.10 Å². The van der Waals surface area contributed by atoms with Crippen LogP contribution in [0.15, 0.2) is 24.5 Å². The molecule has 2 rings (SSSR count). The number of nitrogens with zero attached hydrogens (tertiary/aromatic N) is 4. The summed E-state index contributed by atoms with van der Waals surface area (Å²) in [5.74, 6) is 0.485. The van der Waals surface area contributed by atoms with Crippen molar-refractivity contribution in [3.8, 4) is 0 Å². The maximum atomic E-state index is 5.59. The molecule has 0 fully saturated rings. The van der Waals surface area contributed by atoms with Crippen molar-refractivity contribution in [3.05, 3.63) is 35.8 Å². The highest BCUT2D eigenvalue weighted by atomic mass is 15.4. The number of nitrogen functional groups attached to an aromatic ring is 1. The summed E-state index contributed by atoms with van der Waals surface area (Å²) in [6.07, 6.45) is 3.51. The molecule has 5 nitrogen and oxygen atoms in total. The number of aromatic nitrogens is 4. The van der Waals surface area contributed by atoms with Gasteiger partial charge in [0.2, 0.25) is 0 Å². The highest BCUT2D eigenvalue weighted by molar-refractivity contribution is 5.31. The van der Waals surface area contributed by atoms with Crippen molar-refractivity contribution in [3.63, 3.8) is 0 Å². The van der Waals surface area contributed by atoms with E-state index in [0.29, 0.717) is 12.4 Å². The molecular weight excluding hydrogens is 178 g/mol. The second-order valence-corrected chi connectivity index (χ2v) is 3.07. The van der Waals surface area contributed by atoms with E-state index in [2.05, 4.69) is 15.3 Å². The highest BCUT2D eigenvalue weighted by Crippen LogP contribution is 2.07. The van der Waals surface area contributed by atoms with Crippen molar-refractivity contribution in [2.24, 2.45) is 0 Å². The molecule has 2 aromatic heterocycles. The van der Waals surface area contributed by atoms with E-state index >= 15 is 0 Å². The molecule has 0 saturated heterocycles. The molecule has 72 valence electrons. The van der Waals surface area contributed by atoms with E-state index in [4.69, 9.17) is 5.73 Å². The molecule has 0 atom stereocenters. The topological polar surface area (TPSA) is 69.6 Å². The molecule has 0 aliphatic heterocycles. The Balaban J connectivity index is 2.23. The van der Waals surface area contributed by atoms with Crippen molar-refractivity contribution in [2.75, 3.05) is 5.73 Å². The zero-order valence-corrected chi connectivity index (χ0v) is 7.88. The molecule has 0 spiro atoms. The molecule has 0 bridgehead atoms. The van der Waals surface area contributed by atoms with Crippen molar-refractivity contribution in [2.45, 2.75) is 13.5 Å². The predicted molar refractivity (Wildman–Crippen MR) is 52.5 cm³/mol. The molecule has 5 heteroatoms. The van der Waals surface area contributed by atoms with E-state index in [1.165, 1.54) is 0 Å². The molecule has 14 heavy (non-hydrogen) atoms. The smallest absolute Gasteiger partial charge is 0.168 e. The monoisotopic (exact) mass is 189 g/mol. The third-order valence-electron chi connectivity index (χ3n) is 2.10. The van der Waals surface area contributed by atoms with Gasteiger partial charge < -0.3 is 5.73 Å². The lowest BCUT2D eigenvalue weighted by Crippen LogP contribution is -2.04. The third-order valence-corrected chi connectivity index (χ3v) is 2.10. The molecule has 2 heterocycles. The van der Waals surface area contributed by atoms with Crippen molar-refractivity contribution in [1.82, 2.24) is 20.0 Å². The van der Waals surface area contributed by atoms with Crippen molar-refractivity contribution in [1.29, 1.82) is 0 Å². The van der Waals surface area contributed by atoms with Gasteiger partial charge in [-0.25, -0.2) is 4.68 Å². The van der Waals surface area contributed by atoms with Gasteiger partial charge in [0.25, 0.3) is 0 Å². The van der Waals surface area contributed by atoms with E-state index in [9.17, 15) is 0 Å². The first kappa shape index (κ1) is 8.68. The van der Waals surface area contributed by atoms with Gasteiger partial charge >= 0.3 is 0 Å². The number of nitrogens with two attached hydrogens (primary N) is 1. The van der Waals surface area contributed by atoms with Crippen LogP contribution in [0.1, 0.15) is 11.3 Å². The fraction of sp³-hybridized carbons (Fsp3) is 0.222. The van der Waals surface area contributed by atoms with Crippen LogP contribution >= 0.6 is 0 Å². The van der Waals surface area contributed by atoms with Crippen LogP contribution in [0.5, 0.6) is 0 Å². The Morgan fingerprint density at radius 1 is 1.36 bits per heavy atom. The molecule has 0 radical (unpaired) electrons. The first-order valence-corrected chi connectivity index (χ1v) is 4.32. The molecular formula is C9H11N5. The van der Waals surface area contributed by atoms with E-state index in [-0.39, 0.29) is 0 Å². The van der Waals surface area contributed by atoms with Crippen LogP contribution in [0.25, 0.3) is 0 Å². The van der Waals surface area contributed by atoms with Gasteiger partial charge in [0.15, 0.2) is 5.82 Å². The van der Waals surface area contributed by atoms with Gasteiger partial charge in [-0.1, -0.05) is 5.21 Å². The molecule has 0 aromatic carbocycles. The molecule has 0 aliphatic carbocycles. The zero-order chi connectivity index (χ0) is 9.97. The van der Waals surface area contributed by atoms with Crippen LogP contribution in [-0.2, 0) is 6.54 Å².